The molecule has 1 aliphatic heterocycles. The summed E-state index contributed by atoms with van der Waals surface area (Å²) in [5, 5.41) is 18.7. The third-order valence-electron chi connectivity index (χ3n) is 2.15. The van der Waals surface area contributed by atoms with Crippen LogP contribution in [0.2, 0.25) is 0 Å². The van der Waals surface area contributed by atoms with E-state index >= 15 is 0 Å². The first kappa shape index (κ1) is 12.1. The average molecular weight is 267 g/mol. The van der Waals surface area contributed by atoms with Gasteiger partial charge in [0, 0.05) is 0 Å². The molecule has 0 spiro atoms. The average Bonchev–Trinajstić information content (AvgIpc) is 2.33. The lowest BCUT2D eigenvalue weighted by Crippen LogP contribution is -2.31. The molecule has 0 bridgehead atoms. The second-order valence-electron chi connectivity index (χ2n) is 3.19. The minimum atomic E-state index is -1.06. The van der Waals surface area contributed by atoms with Gasteiger partial charge in [-0.3, -0.25) is 0 Å². The number of rotatable bonds is 3. The maximum Gasteiger partial charge on any atom is 0.161 e. The lowest BCUT2D eigenvalue weighted by atomic mass is 10.1. The number of hydrogen-bond acceptors (Lipinski definition) is 3. The second kappa shape index (κ2) is 5.21. The number of aliphatic hydroxyl groups excluding tert-OH is 2. The largest absolute Gasteiger partial charge is 0.388 e. The molecular formula is C9H12BrFO3. The monoisotopic (exact) mass is 266 g/mol. The Hall–Kier alpha value is 0.0300. The van der Waals surface area contributed by atoms with Crippen molar-refractivity contribution in [1.29, 1.82) is 0 Å². The highest BCUT2D eigenvalue weighted by molar-refractivity contribution is 9.11. The fourth-order valence-corrected chi connectivity index (χ4v) is 1.60. The first-order valence-electron chi connectivity index (χ1n) is 4.30. The van der Waals surface area contributed by atoms with Crippen LogP contribution in [0.25, 0.3) is 0 Å². The summed E-state index contributed by atoms with van der Waals surface area (Å²) in [5.74, 6) is 0. The van der Waals surface area contributed by atoms with E-state index in [0.29, 0.717) is 12.8 Å². The van der Waals surface area contributed by atoms with Crippen molar-refractivity contribution in [2.45, 2.75) is 37.3 Å². The van der Waals surface area contributed by atoms with Crippen LogP contribution in [0.4, 0.5) is 4.39 Å². The first-order valence-corrected chi connectivity index (χ1v) is 5.10. The number of allylic oxidation sites excluding steroid dienone is 1. The van der Waals surface area contributed by atoms with Gasteiger partial charge in [-0.05, 0) is 41.8 Å². The van der Waals surface area contributed by atoms with Gasteiger partial charge in [0.05, 0.1) is 12.2 Å². The van der Waals surface area contributed by atoms with Gasteiger partial charge in [-0.15, -0.1) is 0 Å². The summed E-state index contributed by atoms with van der Waals surface area (Å²) in [6.07, 6.45) is -1.26. The SMILES string of the molecule is [CH][C@@H]1O[C@H](CC/C=C(/F)Br)[C@H](O)C1O. The lowest BCUT2D eigenvalue weighted by molar-refractivity contribution is 0.0168. The Kier molecular flexibility index (Phi) is 4.50. The molecule has 80 valence electrons. The van der Waals surface area contributed by atoms with E-state index in [1.807, 2.05) is 0 Å². The smallest absolute Gasteiger partial charge is 0.161 e. The van der Waals surface area contributed by atoms with Gasteiger partial charge in [0.15, 0.2) is 4.74 Å². The molecule has 0 aliphatic carbocycles. The fraction of sp³-hybridized carbons (Fsp3) is 0.667. The van der Waals surface area contributed by atoms with Crippen LogP contribution in [0.1, 0.15) is 12.8 Å². The zero-order chi connectivity index (χ0) is 10.7. The highest BCUT2D eigenvalue weighted by Crippen LogP contribution is 2.24. The first-order chi connectivity index (χ1) is 6.52. The van der Waals surface area contributed by atoms with Crippen LogP contribution < -0.4 is 0 Å². The molecular weight excluding hydrogens is 255 g/mol. The van der Waals surface area contributed by atoms with Crippen molar-refractivity contribution >= 4 is 15.9 Å². The minimum Gasteiger partial charge on any atom is -0.388 e. The van der Waals surface area contributed by atoms with E-state index in [1.165, 1.54) is 6.08 Å². The highest BCUT2D eigenvalue weighted by Gasteiger charge is 2.39. The van der Waals surface area contributed by atoms with E-state index < -0.39 is 29.2 Å². The van der Waals surface area contributed by atoms with Gasteiger partial charge < -0.3 is 14.9 Å². The van der Waals surface area contributed by atoms with Crippen molar-refractivity contribution < 1.29 is 19.3 Å². The summed E-state index contributed by atoms with van der Waals surface area (Å²) < 4.78 is 16.9. The summed E-state index contributed by atoms with van der Waals surface area (Å²) in [7, 11) is 0. The van der Waals surface area contributed by atoms with Gasteiger partial charge >= 0.3 is 0 Å². The van der Waals surface area contributed by atoms with Crippen LogP contribution in [-0.4, -0.2) is 34.6 Å². The summed E-state index contributed by atoms with van der Waals surface area (Å²) in [4.78, 5) is 0. The molecule has 4 atom stereocenters. The van der Waals surface area contributed by atoms with E-state index in [-0.39, 0.29) is 0 Å². The van der Waals surface area contributed by atoms with Gasteiger partial charge in [0.2, 0.25) is 0 Å². The van der Waals surface area contributed by atoms with Crippen molar-refractivity contribution in [1.82, 2.24) is 0 Å². The zero-order valence-corrected chi connectivity index (χ0v) is 9.02. The van der Waals surface area contributed by atoms with Gasteiger partial charge in [0.1, 0.15) is 12.2 Å². The summed E-state index contributed by atoms with van der Waals surface area (Å²) >= 11 is 2.64. The van der Waals surface area contributed by atoms with E-state index in [4.69, 9.17) is 11.7 Å². The van der Waals surface area contributed by atoms with E-state index in [9.17, 15) is 14.6 Å². The Labute approximate surface area is 90.7 Å². The van der Waals surface area contributed by atoms with Gasteiger partial charge in [-0.25, -0.2) is 0 Å². The van der Waals surface area contributed by atoms with Crippen LogP contribution >= 0.6 is 15.9 Å². The fourth-order valence-electron chi connectivity index (χ4n) is 1.37. The van der Waals surface area contributed by atoms with Gasteiger partial charge in [0.25, 0.3) is 0 Å². The predicted octanol–water partition coefficient (Wildman–Crippen LogP) is 1.17. The van der Waals surface area contributed by atoms with Gasteiger partial charge in [-0.2, -0.15) is 4.39 Å². The van der Waals surface area contributed by atoms with Crippen LogP contribution in [0, 0.1) is 6.92 Å². The third kappa shape index (κ3) is 3.02. The van der Waals surface area contributed by atoms with Crippen molar-refractivity contribution in [3.8, 4) is 0 Å². The molecule has 1 fully saturated rings. The molecule has 14 heavy (non-hydrogen) atoms. The van der Waals surface area contributed by atoms with Crippen molar-refractivity contribution in [2.24, 2.45) is 0 Å². The maximum absolute atomic E-state index is 12.2. The van der Waals surface area contributed by atoms with Crippen LogP contribution in [0.3, 0.4) is 0 Å². The number of aliphatic hydroxyl groups is 2. The van der Waals surface area contributed by atoms with E-state index in [2.05, 4.69) is 15.9 Å². The number of hydrogen-bond donors (Lipinski definition) is 2. The van der Waals surface area contributed by atoms with Crippen LogP contribution in [-0.2, 0) is 4.74 Å². The van der Waals surface area contributed by atoms with Crippen molar-refractivity contribution in [3.63, 3.8) is 0 Å². The standard InChI is InChI=1S/C9H12BrFO3/c1-5-8(12)9(13)6(14-5)3-2-4-7(10)11/h1,4-6,8-9,12-13H,2-3H2/b7-4+/t5-,6+,8?,9-/m0/s1. The topological polar surface area (TPSA) is 49.7 Å². The predicted molar refractivity (Wildman–Crippen MR) is 52.3 cm³/mol. The van der Waals surface area contributed by atoms with E-state index in [0.717, 1.165) is 0 Å². The molecule has 5 heteroatoms. The Morgan fingerprint density at radius 2 is 2.14 bits per heavy atom. The molecule has 3 nitrogen and oxygen atoms in total. The Morgan fingerprint density at radius 1 is 1.50 bits per heavy atom. The molecule has 0 aromatic rings. The molecule has 1 heterocycles. The molecule has 0 saturated carbocycles. The maximum atomic E-state index is 12.2. The molecule has 1 saturated heterocycles. The summed E-state index contributed by atoms with van der Waals surface area (Å²) in [6.45, 7) is 5.36. The molecule has 1 rings (SSSR count). The van der Waals surface area contributed by atoms with E-state index in [1.54, 1.807) is 0 Å². The lowest BCUT2D eigenvalue weighted by Gasteiger charge is -2.12. The van der Waals surface area contributed by atoms with Crippen LogP contribution in [0.15, 0.2) is 10.8 Å². The molecule has 1 aliphatic rings. The number of halogens is 2. The van der Waals surface area contributed by atoms with Crippen molar-refractivity contribution in [2.75, 3.05) is 0 Å². The summed E-state index contributed by atoms with van der Waals surface area (Å²) in [5.41, 5.74) is 0. The molecule has 0 amide bonds. The highest BCUT2D eigenvalue weighted by atomic mass is 79.9. The van der Waals surface area contributed by atoms with Crippen LogP contribution in [0.5, 0.6) is 0 Å². The number of ether oxygens (including phenoxy) is 1. The van der Waals surface area contributed by atoms with Gasteiger partial charge in [-0.1, -0.05) is 0 Å². The zero-order valence-electron chi connectivity index (χ0n) is 7.44. The Morgan fingerprint density at radius 3 is 2.57 bits per heavy atom. The normalized spacial score (nSPS) is 39.1. The molecule has 1 unspecified atom stereocenters. The second-order valence-corrected chi connectivity index (χ2v) is 3.95. The summed E-state index contributed by atoms with van der Waals surface area (Å²) in [6, 6.07) is 0. The quantitative estimate of drug-likeness (QED) is 0.807. The third-order valence-corrected chi connectivity index (χ3v) is 2.47. The Bertz CT molecular complexity index is 218. The Balaban J connectivity index is 2.36. The molecule has 0 aromatic carbocycles. The molecule has 2 radical (unpaired) electrons. The minimum absolute atomic E-state index is 0.415. The molecule has 0 aromatic heterocycles. The molecule has 2 N–H and O–H groups in total. The van der Waals surface area contributed by atoms with Crippen molar-refractivity contribution in [3.05, 3.63) is 17.7 Å².